The van der Waals surface area contributed by atoms with E-state index in [1.54, 1.807) is 18.2 Å². The minimum Gasteiger partial charge on any atom is -0.464 e. The summed E-state index contributed by atoms with van der Waals surface area (Å²) in [7, 11) is 1.16. The molecule has 1 aromatic rings. The number of hydrazone groups is 1. The highest BCUT2D eigenvalue weighted by Gasteiger charge is 2.61. The molecule has 1 spiro atoms. The molecule has 1 atom stereocenters. The van der Waals surface area contributed by atoms with Gasteiger partial charge in [0.25, 0.3) is 5.91 Å². The van der Waals surface area contributed by atoms with Crippen LogP contribution in [0.3, 0.4) is 0 Å². The third-order valence-corrected chi connectivity index (χ3v) is 4.11. The molecule has 0 N–H and O–H groups in total. The molecule has 2 amide bonds. The molecule has 3 rings (SSSR count). The second-order valence-electron chi connectivity index (χ2n) is 5.67. The summed E-state index contributed by atoms with van der Waals surface area (Å²) in [5.41, 5.74) is -0.451. The summed E-state index contributed by atoms with van der Waals surface area (Å²) in [6, 6.07) is 6.86. The van der Waals surface area contributed by atoms with Gasteiger partial charge in [-0.05, 0) is 24.6 Å². The van der Waals surface area contributed by atoms with Gasteiger partial charge in [-0.3, -0.25) is 9.59 Å². The van der Waals surface area contributed by atoms with Gasteiger partial charge in [0.2, 0.25) is 5.91 Å². The fraction of sp³-hybridized carbons (Fsp3) is 0.333. The first-order chi connectivity index (χ1) is 11.4. The Bertz CT molecular complexity index is 790. The monoisotopic (exact) mass is 330 g/mol. The number of carbonyl (C=O) groups excluding carboxylic acids is 3. The lowest BCUT2D eigenvalue weighted by Crippen LogP contribution is -2.48. The maximum Gasteiger partial charge on any atom is 0.354 e. The van der Waals surface area contributed by atoms with Crippen LogP contribution >= 0.6 is 0 Å². The SMILES string of the molecule is COC(=O)C1=NN(N=O)C2(CC(=O)N(c3cccc(C)c3)C2=O)C1. The van der Waals surface area contributed by atoms with Crippen molar-refractivity contribution in [2.75, 3.05) is 12.0 Å². The predicted molar refractivity (Wildman–Crippen MR) is 82.7 cm³/mol. The Morgan fingerprint density at radius 2 is 2.08 bits per heavy atom. The Balaban J connectivity index is 1.99. The summed E-state index contributed by atoms with van der Waals surface area (Å²) in [6.45, 7) is 1.83. The Kier molecular flexibility index (Phi) is 3.63. The Labute approximate surface area is 136 Å². The number of aryl methyl sites for hydroxylation is 1. The number of hydrogen-bond donors (Lipinski definition) is 0. The number of esters is 1. The Hall–Kier alpha value is -3.10. The molecule has 2 heterocycles. The van der Waals surface area contributed by atoms with Gasteiger partial charge in [-0.15, -0.1) is 15.1 Å². The van der Waals surface area contributed by atoms with Crippen molar-refractivity contribution in [3.8, 4) is 0 Å². The van der Waals surface area contributed by atoms with Crippen molar-refractivity contribution in [3.05, 3.63) is 34.7 Å². The van der Waals surface area contributed by atoms with Gasteiger partial charge in [-0.2, -0.15) is 0 Å². The topological polar surface area (TPSA) is 109 Å². The van der Waals surface area contributed by atoms with Crippen LogP contribution < -0.4 is 4.90 Å². The van der Waals surface area contributed by atoms with E-state index in [1.165, 1.54) is 0 Å². The van der Waals surface area contributed by atoms with Crippen LogP contribution in [0.2, 0.25) is 0 Å². The molecule has 0 bridgehead atoms. The highest BCUT2D eigenvalue weighted by Crippen LogP contribution is 2.40. The molecule has 0 radical (unpaired) electrons. The Morgan fingerprint density at radius 3 is 2.71 bits per heavy atom. The van der Waals surface area contributed by atoms with Gasteiger partial charge in [0, 0.05) is 6.42 Å². The van der Waals surface area contributed by atoms with Gasteiger partial charge in [0.05, 0.1) is 24.5 Å². The zero-order chi connectivity index (χ0) is 17.5. The molecule has 1 aromatic carbocycles. The second-order valence-corrected chi connectivity index (χ2v) is 5.67. The molecule has 1 fully saturated rings. The third kappa shape index (κ3) is 2.16. The van der Waals surface area contributed by atoms with Crippen molar-refractivity contribution >= 4 is 29.2 Å². The highest BCUT2D eigenvalue weighted by atomic mass is 16.5. The first-order valence-corrected chi connectivity index (χ1v) is 7.16. The lowest BCUT2D eigenvalue weighted by Gasteiger charge is -2.24. The summed E-state index contributed by atoms with van der Waals surface area (Å²) >= 11 is 0. The maximum absolute atomic E-state index is 12.9. The lowest BCUT2D eigenvalue weighted by atomic mass is 9.92. The maximum atomic E-state index is 12.9. The molecule has 9 nitrogen and oxygen atoms in total. The van der Waals surface area contributed by atoms with Gasteiger partial charge in [0.15, 0.2) is 11.3 Å². The number of hydrogen-bond acceptors (Lipinski definition) is 7. The van der Waals surface area contributed by atoms with E-state index in [0.29, 0.717) is 10.8 Å². The van der Waals surface area contributed by atoms with Crippen LogP contribution in [0.15, 0.2) is 34.7 Å². The number of nitroso groups, excluding NO2 is 1. The molecule has 2 aliphatic heterocycles. The average molecular weight is 330 g/mol. The second kappa shape index (κ2) is 5.52. The molecule has 124 valence electrons. The van der Waals surface area contributed by atoms with Gasteiger partial charge >= 0.3 is 5.97 Å². The molecule has 0 aromatic heterocycles. The van der Waals surface area contributed by atoms with Crippen LogP contribution in [0.4, 0.5) is 5.69 Å². The van der Waals surface area contributed by atoms with E-state index < -0.39 is 23.3 Å². The smallest absolute Gasteiger partial charge is 0.354 e. The van der Waals surface area contributed by atoms with E-state index in [2.05, 4.69) is 15.1 Å². The number of nitrogens with zero attached hydrogens (tertiary/aromatic N) is 4. The molecule has 0 saturated carbocycles. The van der Waals surface area contributed by atoms with E-state index in [9.17, 15) is 19.3 Å². The number of carbonyl (C=O) groups is 3. The van der Waals surface area contributed by atoms with E-state index in [1.807, 2.05) is 13.0 Å². The minimum atomic E-state index is -1.61. The molecule has 1 saturated heterocycles. The van der Waals surface area contributed by atoms with Crippen molar-refractivity contribution in [3.63, 3.8) is 0 Å². The molecule has 2 aliphatic rings. The molecule has 0 aliphatic carbocycles. The summed E-state index contributed by atoms with van der Waals surface area (Å²) in [4.78, 5) is 49.1. The first-order valence-electron chi connectivity index (χ1n) is 7.16. The van der Waals surface area contributed by atoms with Gasteiger partial charge in [0.1, 0.15) is 0 Å². The largest absolute Gasteiger partial charge is 0.464 e. The minimum absolute atomic E-state index is 0.121. The summed E-state index contributed by atoms with van der Waals surface area (Å²) < 4.78 is 4.57. The third-order valence-electron chi connectivity index (χ3n) is 4.11. The van der Waals surface area contributed by atoms with E-state index in [4.69, 9.17) is 0 Å². The van der Waals surface area contributed by atoms with Crippen molar-refractivity contribution in [2.45, 2.75) is 25.3 Å². The van der Waals surface area contributed by atoms with E-state index in [-0.39, 0.29) is 18.6 Å². The fourth-order valence-electron chi connectivity index (χ4n) is 2.97. The van der Waals surface area contributed by atoms with Gasteiger partial charge in [-0.25, -0.2) is 9.69 Å². The van der Waals surface area contributed by atoms with E-state index >= 15 is 0 Å². The summed E-state index contributed by atoms with van der Waals surface area (Å²) in [6.07, 6.45) is -0.506. The number of imide groups is 1. The van der Waals surface area contributed by atoms with Crippen molar-refractivity contribution in [2.24, 2.45) is 10.4 Å². The molecule has 24 heavy (non-hydrogen) atoms. The average Bonchev–Trinajstić information content (AvgIpc) is 3.05. The van der Waals surface area contributed by atoms with Crippen LogP contribution in [-0.4, -0.2) is 41.3 Å². The standard InChI is InChI=1S/C15H14N4O5/c1-9-4-3-5-10(6-9)18-12(20)8-15(14(18)22)7-11(13(21)24-2)16-19(15)17-23/h3-6H,7-8H2,1-2H3. The zero-order valence-corrected chi connectivity index (χ0v) is 13.1. The first kappa shape index (κ1) is 15.8. The van der Waals surface area contributed by atoms with Crippen molar-refractivity contribution < 1.29 is 19.1 Å². The number of benzene rings is 1. The van der Waals surface area contributed by atoms with E-state index in [0.717, 1.165) is 17.6 Å². The Morgan fingerprint density at radius 1 is 1.33 bits per heavy atom. The predicted octanol–water partition coefficient (Wildman–Crippen LogP) is 0.913. The molecule has 9 heteroatoms. The number of ether oxygens (including phenoxy) is 1. The van der Waals surface area contributed by atoms with Crippen molar-refractivity contribution in [1.82, 2.24) is 5.12 Å². The number of amides is 2. The summed E-state index contributed by atoms with van der Waals surface area (Å²) in [5, 5.41) is 7.05. The zero-order valence-electron chi connectivity index (χ0n) is 13.1. The van der Waals surface area contributed by atoms with Crippen molar-refractivity contribution in [1.29, 1.82) is 0 Å². The summed E-state index contributed by atoms with van der Waals surface area (Å²) in [5.74, 6) is -1.89. The fourth-order valence-corrected chi connectivity index (χ4v) is 2.97. The number of anilines is 1. The normalized spacial score (nSPS) is 23.0. The van der Waals surface area contributed by atoms with Crippen LogP contribution in [0, 0.1) is 11.8 Å². The molecular formula is C15H14N4O5. The number of methoxy groups -OCH3 is 1. The highest BCUT2D eigenvalue weighted by molar-refractivity contribution is 6.39. The number of rotatable bonds is 3. The van der Waals surface area contributed by atoms with Crippen LogP contribution in [-0.2, 0) is 19.1 Å². The van der Waals surface area contributed by atoms with Crippen LogP contribution in [0.25, 0.3) is 0 Å². The van der Waals surface area contributed by atoms with Gasteiger partial charge < -0.3 is 4.74 Å². The van der Waals surface area contributed by atoms with Crippen LogP contribution in [0.1, 0.15) is 18.4 Å². The lowest BCUT2D eigenvalue weighted by molar-refractivity contribution is -0.132. The van der Waals surface area contributed by atoms with Gasteiger partial charge in [-0.1, -0.05) is 12.1 Å². The molecular weight excluding hydrogens is 316 g/mol. The van der Waals surface area contributed by atoms with Crippen LogP contribution in [0.5, 0.6) is 0 Å². The molecule has 1 unspecified atom stereocenters. The quantitative estimate of drug-likeness (QED) is 0.463.